The van der Waals surface area contributed by atoms with Gasteiger partial charge in [-0.05, 0) is 13.0 Å². The van der Waals surface area contributed by atoms with Gasteiger partial charge < -0.3 is 25.3 Å². The average molecular weight is 395 g/mol. The quantitative estimate of drug-likeness (QED) is 0.464. The van der Waals surface area contributed by atoms with Crippen molar-refractivity contribution in [3.8, 4) is 34.6 Å². The number of H-pyrrole nitrogens is 1. The van der Waals surface area contributed by atoms with E-state index in [2.05, 4.69) is 25.5 Å². The lowest BCUT2D eigenvalue weighted by Crippen LogP contribution is -2.07. The van der Waals surface area contributed by atoms with Crippen molar-refractivity contribution in [1.82, 2.24) is 20.2 Å². The Morgan fingerprint density at radius 1 is 1.10 bits per heavy atom. The number of rotatable bonds is 9. The number of anilines is 2. The lowest BCUT2D eigenvalue weighted by atomic mass is 10.1. The summed E-state index contributed by atoms with van der Waals surface area (Å²) in [6, 6.07) is 7.27. The molecule has 0 radical (unpaired) electrons. The lowest BCUT2D eigenvalue weighted by molar-refractivity contribution is 0.309. The first-order chi connectivity index (χ1) is 14.2. The molecule has 1 aromatic carbocycles. The van der Waals surface area contributed by atoms with Crippen LogP contribution in [0.2, 0.25) is 0 Å². The van der Waals surface area contributed by atoms with Crippen LogP contribution < -0.4 is 25.3 Å². The molecule has 3 aromatic rings. The summed E-state index contributed by atoms with van der Waals surface area (Å²) in [7, 11) is 3.15. The number of hydrogen-bond donors (Lipinski definition) is 3. The van der Waals surface area contributed by atoms with Crippen LogP contribution >= 0.6 is 0 Å². The molecule has 2 heterocycles. The maximum Gasteiger partial charge on any atom is 0.158 e. The number of aromatic amines is 1. The summed E-state index contributed by atoms with van der Waals surface area (Å²) in [6.07, 6.45) is 3.56. The first-order valence-corrected chi connectivity index (χ1v) is 8.82. The van der Waals surface area contributed by atoms with Crippen LogP contribution in [0.15, 0.2) is 30.6 Å². The molecule has 4 N–H and O–H groups in total. The highest BCUT2D eigenvalue weighted by atomic mass is 16.5. The number of methoxy groups -OCH3 is 2. The molecule has 0 saturated heterocycles. The normalized spacial score (nSPS) is 10.3. The zero-order valence-electron chi connectivity index (χ0n) is 16.1. The SMILES string of the molecule is COc1cc(OC)c(-c2cc(Nc3cnc(C#N)cn3)n[nH]2)c(OCCCN)c1. The molecule has 0 aliphatic heterocycles. The van der Waals surface area contributed by atoms with Gasteiger partial charge in [0.1, 0.15) is 29.1 Å². The van der Waals surface area contributed by atoms with Gasteiger partial charge in [-0.1, -0.05) is 0 Å². The van der Waals surface area contributed by atoms with Crippen LogP contribution in [0, 0.1) is 11.3 Å². The molecule has 10 nitrogen and oxygen atoms in total. The molecule has 29 heavy (non-hydrogen) atoms. The summed E-state index contributed by atoms with van der Waals surface area (Å²) < 4.78 is 16.8. The van der Waals surface area contributed by atoms with Crippen LogP contribution in [-0.2, 0) is 0 Å². The fourth-order valence-corrected chi connectivity index (χ4v) is 2.58. The highest BCUT2D eigenvalue weighted by Crippen LogP contribution is 2.41. The van der Waals surface area contributed by atoms with Crippen LogP contribution in [0.3, 0.4) is 0 Å². The summed E-state index contributed by atoms with van der Waals surface area (Å²) >= 11 is 0. The Bertz CT molecular complexity index is 996. The second-order valence-electron chi connectivity index (χ2n) is 5.88. The van der Waals surface area contributed by atoms with Gasteiger partial charge >= 0.3 is 0 Å². The third-order valence-corrected chi connectivity index (χ3v) is 3.97. The van der Waals surface area contributed by atoms with Crippen molar-refractivity contribution in [2.45, 2.75) is 6.42 Å². The molecule has 0 unspecified atom stereocenters. The van der Waals surface area contributed by atoms with E-state index in [1.54, 1.807) is 32.4 Å². The van der Waals surface area contributed by atoms with Gasteiger partial charge in [0.15, 0.2) is 11.5 Å². The number of benzene rings is 1. The van der Waals surface area contributed by atoms with Crippen molar-refractivity contribution in [2.24, 2.45) is 5.73 Å². The molecule has 150 valence electrons. The molecule has 10 heteroatoms. The summed E-state index contributed by atoms with van der Waals surface area (Å²) in [5.41, 5.74) is 7.19. The van der Waals surface area contributed by atoms with E-state index in [0.29, 0.717) is 59.7 Å². The van der Waals surface area contributed by atoms with E-state index in [4.69, 9.17) is 25.2 Å². The third kappa shape index (κ3) is 4.72. The number of nitrogens with zero attached hydrogens (tertiary/aromatic N) is 4. The maximum absolute atomic E-state index is 8.81. The van der Waals surface area contributed by atoms with E-state index in [0.717, 1.165) is 0 Å². The van der Waals surface area contributed by atoms with Gasteiger partial charge in [-0.25, -0.2) is 9.97 Å². The molecular weight excluding hydrogens is 374 g/mol. The molecule has 0 bridgehead atoms. The Labute approximate surface area is 167 Å². The average Bonchev–Trinajstić information content (AvgIpc) is 3.21. The van der Waals surface area contributed by atoms with Crippen molar-refractivity contribution < 1.29 is 14.2 Å². The largest absolute Gasteiger partial charge is 0.496 e. The van der Waals surface area contributed by atoms with Crippen molar-refractivity contribution in [3.63, 3.8) is 0 Å². The fraction of sp³-hybridized carbons (Fsp3) is 0.263. The molecule has 0 fully saturated rings. The minimum Gasteiger partial charge on any atom is -0.496 e. The smallest absolute Gasteiger partial charge is 0.158 e. The molecular formula is C19H21N7O3. The Kier molecular flexibility index (Phi) is 6.44. The summed E-state index contributed by atoms with van der Waals surface area (Å²) in [5.74, 6) is 2.75. The molecule has 0 spiro atoms. The van der Waals surface area contributed by atoms with E-state index < -0.39 is 0 Å². The van der Waals surface area contributed by atoms with Gasteiger partial charge in [-0.15, -0.1) is 0 Å². The number of ether oxygens (including phenoxy) is 3. The van der Waals surface area contributed by atoms with Crippen LogP contribution in [0.4, 0.5) is 11.6 Å². The van der Waals surface area contributed by atoms with E-state index in [1.807, 2.05) is 6.07 Å². The predicted octanol–water partition coefficient (Wildman–Crippen LogP) is 2.23. The number of aromatic nitrogens is 4. The first kappa shape index (κ1) is 19.9. The van der Waals surface area contributed by atoms with Crippen LogP contribution in [0.5, 0.6) is 17.2 Å². The van der Waals surface area contributed by atoms with Crippen molar-refractivity contribution in [2.75, 3.05) is 32.7 Å². The fourth-order valence-electron chi connectivity index (χ4n) is 2.58. The number of nitrogens with one attached hydrogen (secondary N) is 2. The Hall–Kier alpha value is -3.84. The van der Waals surface area contributed by atoms with Crippen LogP contribution in [0.25, 0.3) is 11.3 Å². The number of hydrogen-bond acceptors (Lipinski definition) is 9. The van der Waals surface area contributed by atoms with E-state index in [9.17, 15) is 0 Å². The van der Waals surface area contributed by atoms with Gasteiger partial charge in [-0.3, -0.25) is 5.10 Å². The van der Waals surface area contributed by atoms with Crippen molar-refractivity contribution in [3.05, 3.63) is 36.3 Å². The molecule has 0 aliphatic rings. The van der Waals surface area contributed by atoms with Crippen LogP contribution in [0.1, 0.15) is 12.1 Å². The Morgan fingerprint density at radius 2 is 1.93 bits per heavy atom. The van der Waals surface area contributed by atoms with Gasteiger partial charge in [0.05, 0.1) is 44.5 Å². The third-order valence-electron chi connectivity index (χ3n) is 3.97. The minimum atomic E-state index is 0.237. The second-order valence-corrected chi connectivity index (χ2v) is 5.88. The van der Waals surface area contributed by atoms with E-state index in [1.165, 1.54) is 12.4 Å². The summed E-state index contributed by atoms with van der Waals surface area (Å²) in [4.78, 5) is 8.10. The van der Waals surface area contributed by atoms with Crippen LogP contribution in [-0.4, -0.2) is 47.5 Å². The zero-order valence-corrected chi connectivity index (χ0v) is 16.1. The highest BCUT2D eigenvalue weighted by Gasteiger charge is 2.18. The second kappa shape index (κ2) is 9.38. The maximum atomic E-state index is 8.81. The molecule has 0 atom stereocenters. The van der Waals surface area contributed by atoms with Gasteiger partial charge in [-0.2, -0.15) is 10.4 Å². The Morgan fingerprint density at radius 3 is 2.59 bits per heavy atom. The van der Waals surface area contributed by atoms with Gasteiger partial charge in [0, 0.05) is 18.2 Å². The van der Waals surface area contributed by atoms with E-state index >= 15 is 0 Å². The minimum absolute atomic E-state index is 0.237. The summed E-state index contributed by atoms with van der Waals surface area (Å²) in [6.45, 7) is 0.986. The van der Waals surface area contributed by atoms with Gasteiger partial charge in [0.2, 0.25) is 0 Å². The van der Waals surface area contributed by atoms with E-state index in [-0.39, 0.29) is 5.69 Å². The lowest BCUT2D eigenvalue weighted by Gasteiger charge is -2.15. The monoisotopic (exact) mass is 395 g/mol. The first-order valence-electron chi connectivity index (χ1n) is 8.82. The zero-order chi connectivity index (χ0) is 20.6. The standard InChI is InChI=1S/C19H21N7O3/c1-27-13-6-15(28-2)19(16(7-13)29-5-3-4-20)14-8-17(26-25-14)24-18-11-22-12(9-21)10-23-18/h6-8,10-11H,3-5,20H2,1-2H3,(H2,23,24,25,26). The highest BCUT2D eigenvalue weighted by molar-refractivity contribution is 5.77. The van der Waals surface area contributed by atoms with Gasteiger partial charge in [0.25, 0.3) is 0 Å². The Balaban J connectivity index is 1.91. The topological polar surface area (TPSA) is 144 Å². The van der Waals surface area contributed by atoms with Crippen molar-refractivity contribution in [1.29, 1.82) is 5.26 Å². The molecule has 3 rings (SSSR count). The summed E-state index contributed by atoms with van der Waals surface area (Å²) in [5, 5.41) is 19.1. The van der Waals surface area contributed by atoms with Crippen molar-refractivity contribution >= 4 is 11.6 Å². The number of nitriles is 1. The molecule has 0 amide bonds. The predicted molar refractivity (Wildman–Crippen MR) is 106 cm³/mol. The molecule has 2 aromatic heterocycles. The molecule has 0 aliphatic carbocycles. The number of nitrogens with two attached hydrogens (primary N) is 1. The molecule has 0 saturated carbocycles.